The molecule has 3 amide bonds. The van der Waals surface area contributed by atoms with Gasteiger partial charge in [-0.1, -0.05) is 35.9 Å². The molecule has 1 aliphatic heterocycles. The number of rotatable bonds is 7. The van der Waals surface area contributed by atoms with Crippen LogP contribution in [0.5, 0.6) is 0 Å². The Balaban J connectivity index is 1.31. The first kappa shape index (κ1) is 19.8. The third-order valence-corrected chi connectivity index (χ3v) is 5.10. The Morgan fingerprint density at radius 3 is 2.43 bits per heavy atom. The number of carbonyl (C=O) groups is 3. The van der Waals surface area contributed by atoms with Crippen LogP contribution in [0.2, 0.25) is 5.02 Å². The minimum absolute atomic E-state index is 0.176. The van der Waals surface area contributed by atoms with Gasteiger partial charge in [-0.05, 0) is 36.2 Å². The van der Waals surface area contributed by atoms with Crippen LogP contribution in [0.25, 0.3) is 0 Å². The van der Waals surface area contributed by atoms with Crippen LogP contribution in [0, 0.1) is 0 Å². The van der Waals surface area contributed by atoms with Gasteiger partial charge in [0.15, 0.2) is 0 Å². The molecule has 4 rings (SSSR count). The van der Waals surface area contributed by atoms with Crippen LogP contribution in [0.1, 0.15) is 39.1 Å². The summed E-state index contributed by atoms with van der Waals surface area (Å²) >= 11 is 6.02. The molecule has 8 heteroatoms. The lowest BCUT2D eigenvalue weighted by molar-refractivity contribution is -0.116. The molecule has 0 fully saturated rings. The molecule has 0 bridgehead atoms. The highest BCUT2D eigenvalue weighted by Gasteiger charge is 2.34. The Morgan fingerprint density at radius 1 is 1.00 bits per heavy atom. The standard InChI is InChI=1S/C22H19ClN4O3/c23-16-6-3-5-15(13-16)14-27-19(10-11-24-27)25-20(28)9-4-12-26-21(29)17-7-1-2-8-18(17)22(26)30/h1-3,5-8,10-11,13H,4,9,12,14H2,(H,25,28). The van der Waals surface area contributed by atoms with E-state index in [4.69, 9.17) is 11.6 Å². The lowest BCUT2D eigenvalue weighted by atomic mass is 10.1. The zero-order valence-corrected chi connectivity index (χ0v) is 16.8. The maximum absolute atomic E-state index is 12.4. The summed E-state index contributed by atoms with van der Waals surface area (Å²) in [4.78, 5) is 38.3. The lowest BCUT2D eigenvalue weighted by Gasteiger charge is -2.13. The van der Waals surface area contributed by atoms with Gasteiger partial charge in [0.1, 0.15) is 5.82 Å². The van der Waals surface area contributed by atoms with Crippen molar-refractivity contribution in [2.75, 3.05) is 11.9 Å². The van der Waals surface area contributed by atoms with E-state index in [9.17, 15) is 14.4 Å². The molecule has 152 valence electrons. The molecule has 2 heterocycles. The number of fused-ring (bicyclic) bond motifs is 1. The normalized spacial score (nSPS) is 12.9. The number of nitrogens with one attached hydrogen (secondary N) is 1. The molecule has 7 nitrogen and oxygen atoms in total. The average molecular weight is 423 g/mol. The Morgan fingerprint density at radius 2 is 1.73 bits per heavy atom. The van der Waals surface area contributed by atoms with E-state index in [1.54, 1.807) is 47.3 Å². The van der Waals surface area contributed by atoms with Crippen LogP contribution in [-0.2, 0) is 11.3 Å². The monoisotopic (exact) mass is 422 g/mol. The van der Waals surface area contributed by atoms with Crippen LogP contribution < -0.4 is 5.32 Å². The van der Waals surface area contributed by atoms with Crippen molar-refractivity contribution < 1.29 is 14.4 Å². The first-order valence-electron chi connectivity index (χ1n) is 9.54. The van der Waals surface area contributed by atoms with Gasteiger partial charge in [0, 0.05) is 24.1 Å². The fraction of sp³-hybridized carbons (Fsp3) is 0.182. The molecule has 0 saturated carbocycles. The van der Waals surface area contributed by atoms with E-state index in [-0.39, 0.29) is 30.7 Å². The second-order valence-corrected chi connectivity index (χ2v) is 7.40. The Kier molecular flexibility index (Phi) is 5.63. The lowest BCUT2D eigenvalue weighted by Crippen LogP contribution is -2.31. The summed E-state index contributed by atoms with van der Waals surface area (Å²) in [6.07, 6.45) is 2.16. The van der Waals surface area contributed by atoms with Gasteiger partial charge in [-0.25, -0.2) is 4.68 Å². The average Bonchev–Trinajstić information content (AvgIpc) is 3.26. The van der Waals surface area contributed by atoms with Crippen LogP contribution in [0.4, 0.5) is 5.82 Å². The first-order valence-corrected chi connectivity index (χ1v) is 9.92. The quantitative estimate of drug-likeness (QED) is 0.589. The summed E-state index contributed by atoms with van der Waals surface area (Å²) in [5.74, 6) is -0.258. The molecule has 2 aromatic carbocycles. The van der Waals surface area contributed by atoms with E-state index < -0.39 is 0 Å². The van der Waals surface area contributed by atoms with E-state index in [1.165, 1.54) is 4.90 Å². The molecular formula is C22H19ClN4O3. The van der Waals surface area contributed by atoms with Crippen molar-refractivity contribution in [3.63, 3.8) is 0 Å². The largest absolute Gasteiger partial charge is 0.311 e. The van der Waals surface area contributed by atoms with Gasteiger partial charge in [-0.2, -0.15) is 5.10 Å². The maximum Gasteiger partial charge on any atom is 0.261 e. The molecule has 1 aliphatic rings. The fourth-order valence-electron chi connectivity index (χ4n) is 3.42. The van der Waals surface area contributed by atoms with Crippen LogP contribution in [0.15, 0.2) is 60.8 Å². The van der Waals surface area contributed by atoms with Gasteiger partial charge in [-0.15, -0.1) is 0 Å². The third kappa shape index (κ3) is 4.11. The first-order chi connectivity index (χ1) is 14.5. The minimum atomic E-state index is -0.310. The van der Waals surface area contributed by atoms with E-state index in [0.717, 1.165) is 5.56 Å². The summed E-state index contributed by atoms with van der Waals surface area (Å²) in [5.41, 5.74) is 1.79. The molecule has 0 saturated heterocycles. The van der Waals surface area contributed by atoms with E-state index in [1.807, 2.05) is 18.2 Å². The van der Waals surface area contributed by atoms with E-state index >= 15 is 0 Å². The van der Waals surface area contributed by atoms with Gasteiger partial charge in [0.25, 0.3) is 11.8 Å². The molecule has 0 aliphatic carbocycles. The van der Waals surface area contributed by atoms with E-state index in [0.29, 0.717) is 34.9 Å². The van der Waals surface area contributed by atoms with Crippen molar-refractivity contribution in [1.29, 1.82) is 0 Å². The minimum Gasteiger partial charge on any atom is -0.311 e. The van der Waals surface area contributed by atoms with Crippen molar-refractivity contribution in [2.45, 2.75) is 19.4 Å². The molecule has 3 aromatic rings. The molecule has 30 heavy (non-hydrogen) atoms. The van der Waals surface area contributed by atoms with Gasteiger partial charge < -0.3 is 5.32 Å². The molecular weight excluding hydrogens is 404 g/mol. The van der Waals surface area contributed by atoms with Crippen molar-refractivity contribution in [3.05, 3.63) is 82.5 Å². The summed E-state index contributed by atoms with van der Waals surface area (Å²) in [6, 6.07) is 15.9. The number of carbonyl (C=O) groups excluding carboxylic acids is 3. The van der Waals surface area contributed by atoms with Crippen LogP contribution in [0.3, 0.4) is 0 Å². The zero-order chi connectivity index (χ0) is 21.1. The Hall–Kier alpha value is -3.45. The molecule has 0 radical (unpaired) electrons. The zero-order valence-electron chi connectivity index (χ0n) is 16.0. The number of nitrogens with zero attached hydrogens (tertiary/aromatic N) is 3. The highest BCUT2D eigenvalue weighted by atomic mass is 35.5. The van der Waals surface area contributed by atoms with Gasteiger partial charge >= 0.3 is 0 Å². The highest BCUT2D eigenvalue weighted by molar-refractivity contribution is 6.30. The van der Waals surface area contributed by atoms with Crippen molar-refractivity contribution >= 4 is 35.1 Å². The third-order valence-electron chi connectivity index (χ3n) is 4.87. The number of hydrogen-bond donors (Lipinski definition) is 1. The summed E-state index contributed by atoms with van der Waals surface area (Å²) in [7, 11) is 0. The van der Waals surface area contributed by atoms with Crippen molar-refractivity contribution in [1.82, 2.24) is 14.7 Å². The van der Waals surface area contributed by atoms with Crippen molar-refractivity contribution in [2.24, 2.45) is 0 Å². The predicted molar refractivity (Wildman–Crippen MR) is 112 cm³/mol. The summed E-state index contributed by atoms with van der Waals surface area (Å²) in [5, 5.41) is 7.71. The van der Waals surface area contributed by atoms with Crippen LogP contribution >= 0.6 is 11.6 Å². The Labute approximate surface area is 178 Å². The van der Waals surface area contributed by atoms with E-state index in [2.05, 4.69) is 10.4 Å². The second-order valence-electron chi connectivity index (χ2n) is 6.96. The Bertz CT molecular complexity index is 1090. The molecule has 1 N–H and O–H groups in total. The van der Waals surface area contributed by atoms with Crippen molar-refractivity contribution in [3.8, 4) is 0 Å². The van der Waals surface area contributed by atoms with Gasteiger partial charge in [0.2, 0.25) is 5.91 Å². The molecule has 1 aromatic heterocycles. The number of imide groups is 1. The predicted octanol–water partition coefficient (Wildman–Crippen LogP) is 3.60. The second kappa shape index (κ2) is 8.51. The smallest absolute Gasteiger partial charge is 0.261 e. The number of aromatic nitrogens is 2. The summed E-state index contributed by atoms with van der Waals surface area (Å²) in [6.45, 7) is 0.666. The number of hydrogen-bond acceptors (Lipinski definition) is 4. The van der Waals surface area contributed by atoms with Crippen LogP contribution in [-0.4, -0.2) is 38.9 Å². The SMILES string of the molecule is O=C(CCCN1C(=O)c2ccccc2C1=O)Nc1ccnn1Cc1cccc(Cl)c1. The summed E-state index contributed by atoms with van der Waals surface area (Å²) < 4.78 is 1.67. The maximum atomic E-state index is 12.4. The molecule has 0 atom stereocenters. The number of amides is 3. The molecule has 0 unspecified atom stereocenters. The fourth-order valence-corrected chi connectivity index (χ4v) is 3.63. The van der Waals surface area contributed by atoms with Gasteiger partial charge in [-0.3, -0.25) is 19.3 Å². The molecule has 0 spiro atoms. The number of halogens is 1. The number of anilines is 1. The number of benzene rings is 2. The van der Waals surface area contributed by atoms with Gasteiger partial charge in [0.05, 0.1) is 23.9 Å². The highest BCUT2D eigenvalue weighted by Crippen LogP contribution is 2.22. The topological polar surface area (TPSA) is 84.3 Å².